The van der Waals surface area contributed by atoms with Crippen LogP contribution in [0, 0.1) is 6.92 Å². The summed E-state index contributed by atoms with van der Waals surface area (Å²) >= 11 is 0. The number of carbonyl (C=O) groups excluding carboxylic acids is 1. The first-order chi connectivity index (χ1) is 13.7. The van der Waals surface area contributed by atoms with E-state index in [4.69, 9.17) is 4.74 Å². The number of para-hydroxylation sites is 1. The minimum absolute atomic E-state index is 0.0191. The summed E-state index contributed by atoms with van der Waals surface area (Å²) in [7, 11) is 0. The average Bonchev–Trinajstić information content (AvgIpc) is 3.14. The smallest absolute Gasteiger partial charge is 0.264 e. The highest BCUT2D eigenvalue weighted by Gasteiger charge is 2.41. The molecule has 28 heavy (non-hydrogen) atoms. The van der Waals surface area contributed by atoms with Crippen molar-refractivity contribution in [3.8, 4) is 5.75 Å². The van der Waals surface area contributed by atoms with E-state index in [2.05, 4.69) is 27.8 Å². The number of piperidine rings is 1. The van der Waals surface area contributed by atoms with Gasteiger partial charge in [-0.25, -0.2) is 0 Å². The van der Waals surface area contributed by atoms with Gasteiger partial charge in [0.25, 0.3) is 5.91 Å². The Hall–Kier alpha value is -2.79. The van der Waals surface area contributed by atoms with E-state index >= 15 is 0 Å². The van der Waals surface area contributed by atoms with Gasteiger partial charge in [0.05, 0.1) is 0 Å². The molecule has 2 heterocycles. The van der Waals surface area contributed by atoms with Gasteiger partial charge in [0.1, 0.15) is 5.75 Å². The molecule has 3 aromatic rings. The highest BCUT2D eigenvalue weighted by molar-refractivity contribution is 5.86. The molecule has 4 rings (SSSR count). The number of benzene rings is 2. The van der Waals surface area contributed by atoms with E-state index in [-0.39, 0.29) is 5.91 Å². The predicted molar refractivity (Wildman–Crippen MR) is 112 cm³/mol. The number of aromatic amines is 1. The van der Waals surface area contributed by atoms with Gasteiger partial charge in [-0.2, -0.15) is 0 Å². The first-order valence-corrected chi connectivity index (χ1v) is 9.96. The van der Waals surface area contributed by atoms with Crippen LogP contribution < -0.4 is 15.4 Å². The molecule has 2 aromatic carbocycles. The van der Waals surface area contributed by atoms with E-state index < -0.39 is 5.60 Å². The van der Waals surface area contributed by atoms with E-state index in [0.717, 1.165) is 30.8 Å². The maximum atomic E-state index is 13.1. The van der Waals surface area contributed by atoms with Crippen molar-refractivity contribution in [1.29, 1.82) is 0 Å². The van der Waals surface area contributed by atoms with Crippen molar-refractivity contribution in [2.24, 2.45) is 0 Å². The third-order valence-electron chi connectivity index (χ3n) is 5.51. The molecule has 0 unspecified atom stereocenters. The van der Waals surface area contributed by atoms with E-state index in [1.165, 1.54) is 16.5 Å². The standard InChI is InChI=1S/C23H27N3O2/c1-17-6-8-19(9-7-17)28-23(11-14-24-15-12-23)22(27)25-13-10-18-16-26-21-5-3-2-4-20(18)21/h2-9,16,24,26H,10-15H2,1H3,(H,25,27). The van der Waals surface area contributed by atoms with Crippen LogP contribution in [-0.4, -0.2) is 36.1 Å². The number of amides is 1. The molecule has 0 aliphatic carbocycles. The number of carbonyl (C=O) groups is 1. The van der Waals surface area contributed by atoms with Crippen molar-refractivity contribution in [3.63, 3.8) is 0 Å². The maximum absolute atomic E-state index is 13.1. The van der Waals surface area contributed by atoms with E-state index in [9.17, 15) is 4.79 Å². The molecular formula is C23H27N3O2. The summed E-state index contributed by atoms with van der Waals surface area (Å²) in [4.78, 5) is 16.4. The Balaban J connectivity index is 1.43. The number of aromatic nitrogens is 1. The lowest BCUT2D eigenvalue weighted by Crippen LogP contribution is -2.56. The van der Waals surface area contributed by atoms with Gasteiger partial charge in [-0.3, -0.25) is 4.79 Å². The lowest BCUT2D eigenvalue weighted by atomic mass is 9.90. The zero-order chi connectivity index (χ0) is 19.4. The van der Waals surface area contributed by atoms with E-state index in [0.29, 0.717) is 19.4 Å². The number of ether oxygens (including phenoxy) is 1. The summed E-state index contributed by atoms with van der Waals surface area (Å²) in [6, 6.07) is 16.1. The molecule has 1 aliphatic heterocycles. The molecule has 0 bridgehead atoms. The molecule has 1 aromatic heterocycles. The van der Waals surface area contributed by atoms with Crippen molar-refractivity contribution in [2.75, 3.05) is 19.6 Å². The lowest BCUT2D eigenvalue weighted by molar-refractivity contribution is -0.139. The lowest BCUT2D eigenvalue weighted by Gasteiger charge is -2.36. The average molecular weight is 377 g/mol. The minimum atomic E-state index is -0.805. The van der Waals surface area contributed by atoms with Gasteiger partial charge in [0.2, 0.25) is 0 Å². The van der Waals surface area contributed by atoms with Gasteiger partial charge in [-0.1, -0.05) is 35.9 Å². The van der Waals surface area contributed by atoms with Gasteiger partial charge in [0.15, 0.2) is 5.60 Å². The van der Waals surface area contributed by atoms with Crippen LogP contribution >= 0.6 is 0 Å². The van der Waals surface area contributed by atoms with Crippen LogP contribution in [-0.2, 0) is 11.2 Å². The van der Waals surface area contributed by atoms with Crippen LogP contribution in [0.5, 0.6) is 5.75 Å². The third-order valence-corrected chi connectivity index (χ3v) is 5.51. The van der Waals surface area contributed by atoms with Crippen LogP contribution in [0.15, 0.2) is 54.7 Å². The fourth-order valence-electron chi connectivity index (χ4n) is 3.85. The topological polar surface area (TPSA) is 66.1 Å². The number of fused-ring (bicyclic) bond motifs is 1. The number of aryl methyl sites for hydroxylation is 1. The fraction of sp³-hybridized carbons (Fsp3) is 0.348. The molecule has 146 valence electrons. The number of H-pyrrole nitrogens is 1. The Morgan fingerprint density at radius 1 is 1.11 bits per heavy atom. The van der Waals surface area contributed by atoms with Gasteiger partial charge in [-0.05, 0) is 50.2 Å². The molecule has 1 aliphatic rings. The molecule has 1 saturated heterocycles. The second-order valence-corrected chi connectivity index (χ2v) is 7.52. The maximum Gasteiger partial charge on any atom is 0.264 e. The Bertz CT molecular complexity index is 940. The zero-order valence-corrected chi connectivity index (χ0v) is 16.3. The van der Waals surface area contributed by atoms with Crippen molar-refractivity contribution in [2.45, 2.75) is 31.8 Å². The summed E-state index contributed by atoms with van der Waals surface area (Å²) < 4.78 is 6.26. The molecule has 1 fully saturated rings. The summed E-state index contributed by atoms with van der Waals surface area (Å²) in [5.74, 6) is 0.730. The summed E-state index contributed by atoms with van der Waals surface area (Å²) in [5, 5.41) is 7.66. The highest BCUT2D eigenvalue weighted by Crippen LogP contribution is 2.27. The number of hydrogen-bond acceptors (Lipinski definition) is 3. The molecule has 3 N–H and O–H groups in total. The molecule has 0 atom stereocenters. The summed E-state index contributed by atoms with van der Waals surface area (Å²) in [6.45, 7) is 4.19. The second-order valence-electron chi connectivity index (χ2n) is 7.52. The molecule has 0 saturated carbocycles. The van der Waals surface area contributed by atoms with Crippen LogP contribution in [0.2, 0.25) is 0 Å². The molecule has 0 radical (unpaired) electrons. The third kappa shape index (κ3) is 3.90. The van der Waals surface area contributed by atoms with Crippen molar-refractivity contribution < 1.29 is 9.53 Å². The van der Waals surface area contributed by atoms with E-state index in [1.54, 1.807) is 0 Å². The Labute approximate surface area is 165 Å². The van der Waals surface area contributed by atoms with Crippen LogP contribution in [0.4, 0.5) is 0 Å². The molecule has 0 spiro atoms. The Morgan fingerprint density at radius 2 is 1.86 bits per heavy atom. The Morgan fingerprint density at radius 3 is 2.64 bits per heavy atom. The van der Waals surface area contributed by atoms with Crippen LogP contribution in [0.25, 0.3) is 10.9 Å². The number of rotatable bonds is 6. The van der Waals surface area contributed by atoms with E-state index in [1.807, 2.05) is 49.5 Å². The van der Waals surface area contributed by atoms with Gasteiger partial charge in [-0.15, -0.1) is 0 Å². The van der Waals surface area contributed by atoms with Crippen LogP contribution in [0.1, 0.15) is 24.0 Å². The minimum Gasteiger partial charge on any atom is -0.477 e. The highest BCUT2D eigenvalue weighted by atomic mass is 16.5. The first kappa shape index (κ1) is 18.6. The zero-order valence-electron chi connectivity index (χ0n) is 16.3. The van der Waals surface area contributed by atoms with Crippen molar-refractivity contribution in [1.82, 2.24) is 15.6 Å². The first-order valence-electron chi connectivity index (χ1n) is 9.96. The number of hydrogen-bond donors (Lipinski definition) is 3. The van der Waals surface area contributed by atoms with Crippen LogP contribution in [0.3, 0.4) is 0 Å². The normalized spacial score (nSPS) is 16.0. The molecular weight excluding hydrogens is 350 g/mol. The monoisotopic (exact) mass is 377 g/mol. The fourth-order valence-corrected chi connectivity index (χ4v) is 3.85. The van der Waals surface area contributed by atoms with Gasteiger partial charge in [0, 0.05) is 36.5 Å². The number of nitrogens with one attached hydrogen (secondary N) is 3. The summed E-state index contributed by atoms with van der Waals surface area (Å²) in [6.07, 6.45) is 4.15. The molecule has 1 amide bonds. The van der Waals surface area contributed by atoms with Gasteiger partial charge >= 0.3 is 0 Å². The predicted octanol–water partition coefficient (Wildman–Crippen LogP) is 3.34. The summed E-state index contributed by atoms with van der Waals surface area (Å²) in [5.41, 5.74) is 2.71. The van der Waals surface area contributed by atoms with Gasteiger partial charge < -0.3 is 20.4 Å². The second kappa shape index (κ2) is 8.07. The largest absolute Gasteiger partial charge is 0.477 e. The Kier molecular flexibility index (Phi) is 5.35. The SMILES string of the molecule is Cc1ccc(OC2(C(=O)NCCc3c[nH]c4ccccc34)CCNCC2)cc1. The van der Waals surface area contributed by atoms with Crippen molar-refractivity contribution in [3.05, 3.63) is 65.9 Å². The molecule has 5 heteroatoms. The quantitative estimate of drug-likeness (QED) is 0.617. The molecule has 5 nitrogen and oxygen atoms in total. The van der Waals surface area contributed by atoms with Crippen molar-refractivity contribution >= 4 is 16.8 Å².